The molecule has 2 aromatic heterocycles. The Morgan fingerprint density at radius 3 is 1.41 bits per heavy atom. The van der Waals surface area contributed by atoms with Gasteiger partial charge in [0.1, 0.15) is 16.5 Å². The van der Waals surface area contributed by atoms with Gasteiger partial charge in [-0.3, -0.25) is 92.5 Å². The van der Waals surface area contributed by atoms with Gasteiger partial charge in [-0.25, -0.2) is 15.0 Å². The second-order valence-electron chi connectivity index (χ2n) is 22.9. The molecular weight excluding hydrogens is 1440 g/mol. The van der Waals surface area contributed by atoms with E-state index in [1.165, 1.54) is 68.2 Å². The fourth-order valence-electron chi connectivity index (χ4n) is 8.17. The van der Waals surface area contributed by atoms with Crippen LogP contribution in [0.25, 0.3) is 10.4 Å². The molecule has 0 bridgehead atoms. The lowest BCUT2D eigenvalue weighted by Crippen LogP contribution is -2.84. The molecule has 8 aromatic rings. The maximum atomic E-state index is 10.4. The summed E-state index contributed by atoms with van der Waals surface area (Å²) in [7, 11) is 0. The predicted octanol–water partition coefficient (Wildman–Crippen LogP) is -9.53. The number of azide groups is 1. The Labute approximate surface area is 644 Å². The van der Waals surface area contributed by atoms with Crippen LogP contribution in [0.5, 0.6) is 0 Å². The van der Waals surface area contributed by atoms with Gasteiger partial charge in [0.25, 0.3) is 35.7 Å². The van der Waals surface area contributed by atoms with E-state index >= 15 is 0 Å². The van der Waals surface area contributed by atoms with Crippen molar-refractivity contribution in [2.75, 3.05) is 26.2 Å². The van der Waals surface area contributed by atoms with Gasteiger partial charge in [-0.15, -0.1) is 19.8 Å². The zero-order chi connectivity index (χ0) is 83.9. The first-order valence-corrected chi connectivity index (χ1v) is 33.5. The van der Waals surface area contributed by atoms with Crippen molar-refractivity contribution in [3.8, 4) is 0 Å². The number of nitrogens with two attached hydrogens (primary N) is 22. The molecule has 112 heavy (non-hydrogen) atoms. The van der Waals surface area contributed by atoms with Crippen LogP contribution in [0, 0.1) is 29.9 Å². The zero-order valence-corrected chi connectivity index (χ0v) is 62.3. The topological polar surface area (TPSA) is 847 Å². The van der Waals surface area contributed by atoms with Crippen LogP contribution < -0.4 is 140 Å². The van der Waals surface area contributed by atoms with E-state index in [4.69, 9.17) is 141 Å². The van der Waals surface area contributed by atoms with Crippen molar-refractivity contribution >= 4 is 105 Å². The van der Waals surface area contributed by atoms with Crippen LogP contribution in [0.3, 0.4) is 0 Å². The van der Waals surface area contributed by atoms with Crippen LogP contribution in [0.1, 0.15) is 72.8 Å². The second-order valence-corrected chi connectivity index (χ2v) is 22.9. The van der Waals surface area contributed by atoms with Gasteiger partial charge < -0.3 is 66.4 Å². The Bertz CT molecular complexity index is 4460. The first kappa shape index (κ1) is 94.1. The predicted molar refractivity (Wildman–Crippen MR) is 431 cm³/mol. The number of nitro groups is 1. The molecule has 6 aromatic carbocycles. The quantitative estimate of drug-likeness (QED) is 0.00734. The number of nitrogens with zero attached hydrogens (tertiary/aromatic N) is 15. The minimum Gasteiger partial charge on any atom is -0.418 e. The smallest absolute Gasteiger partial charge is 0.418 e. The highest BCUT2D eigenvalue weighted by Crippen LogP contribution is 2.27. The molecule has 0 unspecified atom stereocenters. The number of hydrogen-bond donors (Lipinski definition) is 26. The van der Waals surface area contributed by atoms with E-state index in [1.54, 1.807) is 67.8 Å². The third kappa shape index (κ3) is 43.4. The van der Waals surface area contributed by atoms with Crippen LogP contribution in [-0.4, -0.2) is 143 Å². The lowest BCUT2D eigenvalue weighted by molar-refractivity contribution is -0.625. The molecule has 1 aliphatic carbocycles. The number of non-ortho nitro benzene ring substituents is 1. The number of para-hydroxylation sites is 2. The van der Waals surface area contributed by atoms with E-state index in [1.807, 2.05) is 119 Å². The number of nitro benzene ring substituents is 1. The Balaban J connectivity index is 0.000000620. The zero-order valence-electron chi connectivity index (χ0n) is 62.3. The van der Waals surface area contributed by atoms with Gasteiger partial charge in [-0.2, -0.15) is 0 Å². The number of benzene rings is 6. The van der Waals surface area contributed by atoms with Crippen molar-refractivity contribution in [2.45, 2.75) is 58.8 Å². The van der Waals surface area contributed by atoms with Crippen LogP contribution in [0.15, 0.2) is 224 Å². The number of aryl methyl sites for hydroxylation is 2. The minimum atomic E-state index is -0.495. The van der Waals surface area contributed by atoms with E-state index < -0.39 is 4.92 Å². The van der Waals surface area contributed by atoms with E-state index in [0.29, 0.717) is 40.9 Å². The summed E-state index contributed by atoms with van der Waals surface area (Å²) in [5, 5.41) is 63.9. The molecule has 2 saturated heterocycles. The molecule has 2 aliphatic heterocycles. The van der Waals surface area contributed by atoms with Crippen molar-refractivity contribution < 1.29 is 65.2 Å². The largest absolute Gasteiger partial charge is 0.454 e. The van der Waals surface area contributed by atoms with Gasteiger partial charge >= 0.3 is 35.8 Å². The van der Waals surface area contributed by atoms with E-state index in [0.717, 1.165) is 76.4 Å². The SMILES string of the molecule is Cc1ccc([N+](=O)[O-])cc1N=C(N)N.Cc1ccccc1N=C(N)[NH+]=C(N)N.NC(=NO)[n+]1cocn1.NC(=NO)c1ccccc1.NC(=Nc1ccccc1)[NH+]=C(N)N.NC(=[NH2+])C1CC1.NC(=[NH2+])c1ccccc1.NC(=[NH2+])n1cccn1.NC(N)=[N+]1CCCC1.NC(N)=[N+]1CCCCC1.[N-]=[N+]=Nc1ccc(C(N)=[NH2+])cc1. The molecule has 4 heterocycles. The summed E-state index contributed by atoms with van der Waals surface area (Å²) in [6.45, 7) is 7.89. The summed E-state index contributed by atoms with van der Waals surface area (Å²) in [6.07, 6.45) is 14.3. The third-order valence-corrected chi connectivity index (χ3v) is 13.9. The van der Waals surface area contributed by atoms with Crippen LogP contribution in [-0.2, 0) is 0 Å². The maximum absolute atomic E-state index is 10.4. The highest BCUT2D eigenvalue weighted by molar-refractivity contribution is 5.97. The first-order chi connectivity index (χ1) is 53.2. The Kier molecular flexibility index (Phi) is 45.2. The van der Waals surface area contributed by atoms with Gasteiger partial charge in [0.05, 0.1) is 66.2 Å². The van der Waals surface area contributed by atoms with Crippen LogP contribution in [0.2, 0.25) is 0 Å². The molecule has 596 valence electrons. The molecule has 44 nitrogen and oxygen atoms in total. The Morgan fingerprint density at radius 2 is 1.04 bits per heavy atom. The fraction of sp³-hybridized carbons (Fsp3) is 0.206. The van der Waals surface area contributed by atoms with Gasteiger partial charge in [-0.1, -0.05) is 123 Å². The molecule has 1 saturated carbocycles. The molecule has 44 heteroatoms. The fourth-order valence-corrected chi connectivity index (χ4v) is 8.17. The Hall–Kier alpha value is -15.9. The average molecular weight is 1550 g/mol. The van der Waals surface area contributed by atoms with Crippen molar-refractivity contribution in [2.24, 2.45) is 140 Å². The number of amidine groups is 4. The summed E-state index contributed by atoms with van der Waals surface area (Å²) in [4.78, 5) is 29.5. The number of piperidine rings is 1. The normalized spacial score (nSPS) is 12.2. The van der Waals surface area contributed by atoms with E-state index in [2.05, 4.69) is 59.9 Å². The molecule has 0 spiro atoms. The van der Waals surface area contributed by atoms with E-state index in [-0.39, 0.29) is 59.1 Å². The molecule has 11 rings (SSSR count). The number of guanidine groups is 7. The lowest BCUT2D eigenvalue weighted by atomic mass is 10.2. The minimum absolute atomic E-state index is 0.0252. The number of aromatic nitrogens is 4. The highest BCUT2D eigenvalue weighted by atomic mass is 16.6. The van der Waals surface area contributed by atoms with Crippen molar-refractivity contribution in [1.29, 1.82) is 0 Å². The number of nitrogens with one attached hydrogen (secondary N) is 2. The summed E-state index contributed by atoms with van der Waals surface area (Å²) in [5.41, 5.74) is 110. The molecular formula is C68H108N39O5+9. The van der Waals surface area contributed by atoms with Gasteiger partial charge in [0.2, 0.25) is 12.2 Å². The molecule has 0 amide bonds. The lowest BCUT2D eigenvalue weighted by Gasteiger charge is -2.13. The van der Waals surface area contributed by atoms with Crippen LogP contribution >= 0.6 is 0 Å². The standard InChI is InChI=1S/C9H13N5.C8H11N5.C8H10N4O2.C7H7N5.C7H8N2O.C7H8N2.C6H13N3.C5H11N3.C4H6N4.C4H8N2.C3H4N4O2/c1-6-4-2-3-5-7(6)13-9(12)14-8(10)11;9-7(10)13-8(11)12-6-4-2-1-3-5-6;1-5-2-3-6(12(13)14)4-7(5)11-8(9)10;8-7(9)5-1-3-6(4-2-5)11-12-10;8-7(9-10)6-4-2-1-3-5-6;8-7(9)6-4-2-1-3-5-6;7-6(8)9-4-2-1-3-5-9;6-5(7)8-3-1-2-4-8;5-4(6)8-3-1-2-7-8;5-4(6)3-1-2-3;4-3(6-8)7-2-9-1-5-7/h2-5H,1H3,(H6,10,11,12,13,14);1-5H,(H6,9,10,11,12,13);2-4H,1H3,(H4,9,10,11);1-4H,(H3,8,9);1-5,10H,(H2,8,9);1-5H,(H3,8,9);1-5H2,(H3,7,8);1-4H2,(H3,6,7);1-3H,(H3,5,6);3H,1-2H2,(H3,5,6);1-2H,(H2-,4,6,8)/p+9. The number of rotatable bonds is 9. The maximum Gasteiger partial charge on any atom is 0.454 e. The summed E-state index contributed by atoms with van der Waals surface area (Å²) >= 11 is 0. The molecule has 0 atom stereocenters. The van der Waals surface area contributed by atoms with Crippen molar-refractivity contribution in [1.82, 2.24) is 14.9 Å². The summed E-state index contributed by atoms with van der Waals surface area (Å²) in [6, 6.07) is 48.2. The molecule has 3 fully saturated rings. The van der Waals surface area contributed by atoms with Crippen molar-refractivity contribution in [3.63, 3.8) is 0 Å². The third-order valence-electron chi connectivity index (χ3n) is 13.9. The number of hydrogen-bond acceptors (Lipinski definition) is 13. The van der Waals surface area contributed by atoms with Gasteiger partial charge in [0.15, 0.2) is 11.8 Å². The highest BCUT2D eigenvalue weighted by Gasteiger charge is 2.28. The van der Waals surface area contributed by atoms with Gasteiger partial charge in [0, 0.05) is 28.3 Å². The van der Waals surface area contributed by atoms with Gasteiger partial charge in [-0.05, 0) is 124 Å². The number of oxime groups is 2. The summed E-state index contributed by atoms with van der Waals surface area (Å²) < 4.78 is 11.0. The Morgan fingerprint density at radius 1 is 0.571 bits per heavy atom. The van der Waals surface area contributed by atoms with E-state index in [9.17, 15) is 10.1 Å². The van der Waals surface area contributed by atoms with Crippen LogP contribution in [0.4, 0.5) is 28.4 Å². The number of aliphatic imine (C=N–C) groups is 3. The average Bonchev–Trinajstić information content (AvgIpc) is 1.26. The molecule has 48 N–H and O–H groups in total. The first-order valence-electron chi connectivity index (χ1n) is 33.5. The monoisotopic (exact) mass is 1550 g/mol. The second kappa shape index (κ2) is 53.8. The van der Waals surface area contributed by atoms with Crippen molar-refractivity contribution in [3.05, 3.63) is 237 Å². The molecule has 0 radical (unpaired) electrons. The summed E-state index contributed by atoms with van der Waals surface area (Å²) in [5.74, 6) is 3.26. The molecule has 3 aliphatic rings.